The lowest BCUT2D eigenvalue weighted by molar-refractivity contribution is -0.115. The van der Waals surface area contributed by atoms with Crippen LogP contribution in [0.15, 0.2) is 65.6 Å². The van der Waals surface area contributed by atoms with Crippen molar-refractivity contribution in [2.75, 3.05) is 24.9 Å². The Bertz CT molecular complexity index is 1140. The van der Waals surface area contributed by atoms with Crippen molar-refractivity contribution in [2.24, 2.45) is 0 Å². The Hall–Kier alpha value is -3.45. The van der Waals surface area contributed by atoms with E-state index in [2.05, 4.69) is 10.6 Å². The molecule has 3 rings (SSSR count). The van der Waals surface area contributed by atoms with Crippen molar-refractivity contribution >= 4 is 35.0 Å². The normalized spacial score (nSPS) is 11.4. The van der Waals surface area contributed by atoms with Crippen molar-refractivity contribution in [1.29, 1.82) is 0 Å². The maximum absolute atomic E-state index is 12.9. The number of nitrogens with one attached hydrogen (secondary N) is 2. The van der Waals surface area contributed by atoms with Crippen LogP contribution in [0.3, 0.4) is 0 Å². The van der Waals surface area contributed by atoms with Crippen LogP contribution in [0.4, 0.5) is 11.4 Å². The lowest BCUT2D eigenvalue weighted by Crippen LogP contribution is -2.22. The topological polar surface area (TPSA) is 76.7 Å². The smallest absolute Gasteiger partial charge is 0.263 e. The van der Waals surface area contributed by atoms with Crippen molar-refractivity contribution in [3.63, 3.8) is 0 Å². The summed E-state index contributed by atoms with van der Waals surface area (Å²) in [5.41, 5.74) is 3.86. The van der Waals surface area contributed by atoms with Crippen molar-refractivity contribution in [2.45, 2.75) is 30.9 Å². The van der Waals surface area contributed by atoms with Crippen LogP contribution in [-0.4, -0.2) is 31.3 Å². The molecule has 2 N–H and O–H groups in total. The largest absolute Gasteiger partial charge is 0.496 e. The van der Waals surface area contributed by atoms with E-state index in [1.807, 2.05) is 57.2 Å². The summed E-state index contributed by atoms with van der Waals surface area (Å²) in [6.07, 6.45) is 0. The molecule has 0 aliphatic carbocycles. The molecule has 0 aliphatic rings. The molecule has 172 valence electrons. The predicted molar refractivity (Wildman–Crippen MR) is 134 cm³/mol. The van der Waals surface area contributed by atoms with Gasteiger partial charge in [0.15, 0.2) is 0 Å². The molecular weight excluding hydrogens is 436 g/mol. The molecule has 1 atom stereocenters. The predicted octanol–water partition coefficient (Wildman–Crippen LogP) is 5.69. The van der Waals surface area contributed by atoms with Gasteiger partial charge in [-0.15, -0.1) is 11.8 Å². The minimum absolute atomic E-state index is 0.0816. The van der Waals surface area contributed by atoms with E-state index in [-0.39, 0.29) is 17.1 Å². The van der Waals surface area contributed by atoms with E-state index in [4.69, 9.17) is 9.47 Å². The quantitative estimate of drug-likeness (QED) is 0.419. The molecule has 33 heavy (non-hydrogen) atoms. The van der Waals surface area contributed by atoms with Crippen LogP contribution in [0, 0.1) is 13.8 Å². The molecule has 0 heterocycles. The number of hydrogen-bond donors (Lipinski definition) is 2. The summed E-state index contributed by atoms with van der Waals surface area (Å²) in [4.78, 5) is 26.5. The summed E-state index contributed by atoms with van der Waals surface area (Å²) in [7, 11) is 3.01. The first-order chi connectivity index (χ1) is 15.8. The molecule has 0 fully saturated rings. The Labute approximate surface area is 198 Å². The Morgan fingerprint density at radius 3 is 2.21 bits per heavy atom. The maximum Gasteiger partial charge on any atom is 0.263 e. The van der Waals surface area contributed by atoms with Crippen molar-refractivity contribution in [3.05, 3.63) is 77.4 Å². The van der Waals surface area contributed by atoms with Gasteiger partial charge in [-0.05, 0) is 68.3 Å². The number of carbonyl (C=O) groups is 2. The van der Waals surface area contributed by atoms with E-state index in [1.165, 1.54) is 26.0 Å². The molecule has 7 heteroatoms. The molecule has 2 amide bonds. The first kappa shape index (κ1) is 24.2. The standard InChI is InChI=1S/C26H28N2O4S/c1-16-12-13-17(2)21(14-16)28-25(29)18(3)33-20-9-6-8-19(15-20)27-26(30)24-22(31-4)10-7-11-23(24)32-5/h6-15,18H,1-5H3,(H,27,30)(H,28,29). The molecule has 6 nitrogen and oxygen atoms in total. The number of thioether (sulfide) groups is 1. The number of aryl methyl sites for hydroxylation is 2. The number of benzene rings is 3. The number of ether oxygens (including phenoxy) is 2. The van der Waals surface area contributed by atoms with Gasteiger partial charge in [-0.3, -0.25) is 9.59 Å². The van der Waals surface area contributed by atoms with Gasteiger partial charge in [0.1, 0.15) is 17.1 Å². The van der Waals surface area contributed by atoms with Gasteiger partial charge in [0.2, 0.25) is 5.91 Å². The van der Waals surface area contributed by atoms with Gasteiger partial charge >= 0.3 is 0 Å². The second-order valence-electron chi connectivity index (χ2n) is 7.59. The van der Waals surface area contributed by atoms with Gasteiger partial charge in [-0.2, -0.15) is 0 Å². The van der Waals surface area contributed by atoms with E-state index in [9.17, 15) is 9.59 Å². The Balaban J connectivity index is 1.70. The highest BCUT2D eigenvalue weighted by atomic mass is 32.2. The minimum atomic E-state index is -0.341. The van der Waals surface area contributed by atoms with Crippen LogP contribution in [0.25, 0.3) is 0 Å². The van der Waals surface area contributed by atoms with E-state index >= 15 is 0 Å². The lowest BCUT2D eigenvalue weighted by atomic mass is 10.1. The monoisotopic (exact) mass is 464 g/mol. The fourth-order valence-corrected chi connectivity index (χ4v) is 4.20. The number of methoxy groups -OCH3 is 2. The number of hydrogen-bond acceptors (Lipinski definition) is 5. The zero-order chi connectivity index (χ0) is 24.0. The first-order valence-electron chi connectivity index (χ1n) is 10.5. The zero-order valence-corrected chi connectivity index (χ0v) is 20.2. The maximum atomic E-state index is 12.9. The van der Waals surface area contributed by atoms with Crippen LogP contribution < -0.4 is 20.1 Å². The highest BCUT2D eigenvalue weighted by molar-refractivity contribution is 8.00. The Morgan fingerprint density at radius 2 is 1.55 bits per heavy atom. The number of anilines is 2. The average Bonchev–Trinajstić information content (AvgIpc) is 2.80. The third-order valence-electron chi connectivity index (χ3n) is 5.08. The average molecular weight is 465 g/mol. The second kappa shape index (κ2) is 10.9. The summed E-state index contributed by atoms with van der Waals surface area (Å²) in [6.45, 7) is 5.82. The molecule has 0 aromatic heterocycles. The van der Waals surface area contributed by atoms with Gasteiger partial charge in [-0.25, -0.2) is 0 Å². The minimum Gasteiger partial charge on any atom is -0.496 e. The SMILES string of the molecule is COc1cccc(OC)c1C(=O)Nc1cccc(SC(C)C(=O)Nc2cc(C)ccc2C)c1. The molecule has 0 aliphatic heterocycles. The molecule has 0 saturated heterocycles. The van der Waals surface area contributed by atoms with Crippen molar-refractivity contribution in [1.82, 2.24) is 0 Å². The molecule has 0 spiro atoms. The Morgan fingerprint density at radius 1 is 0.879 bits per heavy atom. The summed E-state index contributed by atoms with van der Waals surface area (Å²) < 4.78 is 10.6. The van der Waals surface area contributed by atoms with Gasteiger partial charge < -0.3 is 20.1 Å². The second-order valence-corrected chi connectivity index (χ2v) is 9.00. The van der Waals surface area contributed by atoms with Gasteiger partial charge in [0.05, 0.1) is 19.5 Å². The third-order valence-corrected chi connectivity index (χ3v) is 6.17. The number of amides is 2. The molecule has 0 bridgehead atoms. The summed E-state index contributed by atoms with van der Waals surface area (Å²) in [6, 6.07) is 18.5. The molecule has 3 aromatic carbocycles. The van der Waals surface area contributed by atoms with E-state index in [0.717, 1.165) is 21.7 Å². The van der Waals surface area contributed by atoms with E-state index < -0.39 is 0 Å². The summed E-state index contributed by atoms with van der Waals surface area (Å²) in [5, 5.41) is 5.57. The van der Waals surface area contributed by atoms with Gasteiger partial charge in [0, 0.05) is 16.3 Å². The highest BCUT2D eigenvalue weighted by Gasteiger charge is 2.19. The van der Waals surface area contributed by atoms with Crippen molar-refractivity contribution in [3.8, 4) is 11.5 Å². The van der Waals surface area contributed by atoms with Crippen LogP contribution in [0.1, 0.15) is 28.4 Å². The molecule has 0 radical (unpaired) electrons. The van der Waals surface area contributed by atoms with Crippen LogP contribution in [0.5, 0.6) is 11.5 Å². The summed E-state index contributed by atoms with van der Waals surface area (Å²) >= 11 is 1.42. The third kappa shape index (κ3) is 6.08. The van der Waals surface area contributed by atoms with Crippen LogP contribution in [-0.2, 0) is 4.79 Å². The molecule has 0 saturated carbocycles. The fraction of sp³-hybridized carbons (Fsp3) is 0.231. The summed E-state index contributed by atoms with van der Waals surface area (Å²) in [5.74, 6) is 0.428. The van der Waals surface area contributed by atoms with Crippen LogP contribution in [0.2, 0.25) is 0 Å². The number of carbonyl (C=O) groups excluding carboxylic acids is 2. The first-order valence-corrected chi connectivity index (χ1v) is 11.4. The number of rotatable bonds is 8. The van der Waals surface area contributed by atoms with E-state index in [0.29, 0.717) is 22.7 Å². The fourth-order valence-electron chi connectivity index (χ4n) is 3.28. The molecule has 3 aromatic rings. The Kier molecular flexibility index (Phi) is 8.01. The van der Waals surface area contributed by atoms with Crippen molar-refractivity contribution < 1.29 is 19.1 Å². The molecule has 1 unspecified atom stereocenters. The van der Waals surface area contributed by atoms with Gasteiger partial charge in [-0.1, -0.05) is 24.3 Å². The van der Waals surface area contributed by atoms with E-state index in [1.54, 1.807) is 24.3 Å². The highest BCUT2D eigenvalue weighted by Crippen LogP contribution is 2.31. The van der Waals surface area contributed by atoms with Gasteiger partial charge in [0.25, 0.3) is 5.91 Å². The zero-order valence-electron chi connectivity index (χ0n) is 19.4. The molecular formula is C26H28N2O4S. The lowest BCUT2D eigenvalue weighted by Gasteiger charge is -2.15. The van der Waals surface area contributed by atoms with Crippen LogP contribution >= 0.6 is 11.8 Å².